The third kappa shape index (κ3) is 8.45. The van der Waals surface area contributed by atoms with Crippen molar-refractivity contribution in [1.82, 2.24) is 10.2 Å². The first-order valence-corrected chi connectivity index (χ1v) is 16.0. The van der Waals surface area contributed by atoms with Gasteiger partial charge in [0.15, 0.2) is 0 Å². The summed E-state index contributed by atoms with van der Waals surface area (Å²) < 4.78 is 42.6. The van der Waals surface area contributed by atoms with Crippen LogP contribution in [0.25, 0.3) is 0 Å². The van der Waals surface area contributed by atoms with Crippen molar-refractivity contribution in [3.8, 4) is 0 Å². The van der Waals surface area contributed by atoms with Crippen LogP contribution in [0.3, 0.4) is 0 Å². The molecule has 4 aromatic carbocycles. The Morgan fingerprint density at radius 3 is 2.05 bits per heavy atom. The van der Waals surface area contributed by atoms with Crippen LogP contribution in [0.2, 0.25) is 5.02 Å². The van der Waals surface area contributed by atoms with Crippen LogP contribution < -0.4 is 9.62 Å². The number of sulfonamides is 1. The van der Waals surface area contributed by atoms with E-state index in [1.807, 2.05) is 51.1 Å². The van der Waals surface area contributed by atoms with Crippen LogP contribution in [0, 0.1) is 12.7 Å². The van der Waals surface area contributed by atoms with Crippen molar-refractivity contribution in [2.45, 2.75) is 50.7 Å². The average Bonchev–Trinajstić information content (AvgIpc) is 2.99. The lowest BCUT2D eigenvalue weighted by Crippen LogP contribution is -2.54. The molecule has 1 N–H and O–H groups in total. The highest BCUT2D eigenvalue weighted by atomic mass is 35.5. The molecule has 2 amide bonds. The van der Waals surface area contributed by atoms with Gasteiger partial charge in [-0.2, -0.15) is 0 Å². The van der Waals surface area contributed by atoms with Gasteiger partial charge in [-0.05, 0) is 80.4 Å². The number of hydrogen-bond acceptors (Lipinski definition) is 4. The van der Waals surface area contributed by atoms with Crippen LogP contribution in [-0.2, 0) is 32.6 Å². The number of hydrogen-bond donors (Lipinski definition) is 1. The second-order valence-electron chi connectivity index (χ2n) is 10.8. The molecule has 0 heterocycles. The molecule has 0 unspecified atom stereocenters. The molecule has 7 nitrogen and oxygen atoms in total. The first-order chi connectivity index (χ1) is 20.9. The minimum atomic E-state index is -4.31. The summed E-state index contributed by atoms with van der Waals surface area (Å²) in [6.45, 7) is 4.95. The Balaban J connectivity index is 1.79. The first-order valence-electron chi connectivity index (χ1n) is 14.2. The predicted molar refractivity (Wildman–Crippen MR) is 171 cm³/mol. The van der Waals surface area contributed by atoms with Crippen LogP contribution in [0.5, 0.6) is 0 Å². The van der Waals surface area contributed by atoms with Gasteiger partial charge in [-0.25, -0.2) is 12.8 Å². The lowest BCUT2D eigenvalue weighted by Gasteiger charge is -2.34. The Morgan fingerprint density at radius 2 is 1.45 bits per heavy atom. The zero-order valence-corrected chi connectivity index (χ0v) is 26.4. The molecule has 0 aromatic heterocycles. The van der Waals surface area contributed by atoms with Crippen LogP contribution >= 0.6 is 11.6 Å². The van der Waals surface area contributed by atoms with E-state index in [0.29, 0.717) is 10.6 Å². The minimum Gasteiger partial charge on any atom is -0.352 e. The highest BCUT2D eigenvalue weighted by Gasteiger charge is 2.34. The highest BCUT2D eigenvalue weighted by Crippen LogP contribution is 2.26. The fourth-order valence-electron chi connectivity index (χ4n) is 4.69. The van der Waals surface area contributed by atoms with Crippen LogP contribution in [0.15, 0.2) is 108 Å². The van der Waals surface area contributed by atoms with Gasteiger partial charge in [-0.1, -0.05) is 71.8 Å². The van der Waals surface area contributed by atoms with Crippen molar-refractivity contribution >= 4 is 39.1 Å². The molecule has 10 heteroatoms. The zero-order valence-electron chi connectivity index (χ0n) is 24.8. The van der Waals surface area contributed by atoms with Crippen LogP contribution in [0.1, 0.15) is 30.5 Å². The molecule has 0 saturated carbocycles. The number of nitrogens with zero attached hydrogens (tertiary/aromatic N) is 2. The summed E-state index contributed by atoms with van der Waals surface area (Å²) in [5.74, 6) is -1.54. The largest absolute Gasteiger partial charge is 0.352 e. The molecule has 0 aliphatic heterocycles. The summed E-state index contributed by atoms with van der Waals surface area (Å²) in [7, 11) is -4.31. The fourth-order valence-corrected chi connectivity index (χ4v) is 6.23. The van der Waals surface area contributed by atoms with E-state index in [1.165, 1.54) is 4.90 Å². The van der Waals surface area contributed by atoms with Crippen molar-refractivity contribution in [3.05, 3.63) is 131 Å². The van der Waals surface area contributed by atoms with Crippen molar-refractivity contribution in [2.24, 2.45) is 0 Å². The summed E-state index contributed by atoms with van der Waals surface area (Å²) in [6, 6.07) is 26.2. The van der Waals surface area contributed by atoms with Gasteiger partial charge in [0.05, 0.1) is 10.6 Å². The van der Waals surface area contributed by atoms with Gasteiger partial charge in [0.25, 0.3) is 10.0 Å². The second-order valence-corrected chi connectivity index (χ2v) is 13.1. The summed E-state index contributed by atoms with van der Waals surface area (Å²) in [6.07, 6.45) is 0.202. The molecule has 0 fully saturated rings. The number of nitrogens with one attached hydrogen (secondary N) is 1. The number of amides is 2. The Hall–Kier alpha value is -4.21. The number of aryl methyl sites for hydroxylation is 1. The highest BCUT2D eigenvalue weighted by molar-refractivity contribution is 7.92. The Morgan fingerprint density at radius 1 is 0.841 bits per heavy atom. The molecule has 4 aromatic rings. The maximum absolute atomic E-state index is 14.4. The van der Waals surface area contributed by atoms with Gasteiger partial charge in [-0.15, -0.1) is 0 Å². The van der Waals surface area contributed by atoms with Crippen molar-refractivity contribution < 1.29 is 22.4 Å². The molecule has 0 radical (unpaired) electrons. The summed E-state index contributed by atoms with van der Waals surface area (Å²) >= 11 is 6.11. The van der Waals surface area contributed by atoms with Gasteiger partial charge in [0, 0.05) is 24.0 Å². The lowest BCUT2D eigenvalue weighted by molar-refractivity contribution is -0.140. The maximum Gasteiger partial charge on any atom is 0.264 e. The number of carbonyl (C=O) groups excluding carboxylic acids is 2. The number of halogens is 2. The Labute approximate surface area is 263 Å². The fraction of sp³-hybridized carbons (Fsp3) is 0.235. The van der Waals surface area contributed by atoms with E-state index in [1.54, 1.807) is 48.5 Å². The molecule has 4 rings (SSSR count). The SMILES string of the molecule is Cc1ccc(N(CC(=O)N(Cc2ccc(Cl)cc2)[C@@H](Cc2ccccc2)C(=O)NC(C)C)S(=O)(=O)c2ccc(F)cc2)cc1. The average molecular weight is 636 g/mol. The van der Waals surface area contributed by atoms with E-state index < -0.39 is 34.3 Å². The first kappa shape index (κ1) is 32.7. The van der Waals surface area contributed by atoms with E-state index in [2.05, 4.69) is 5.32 Å². The summed E-state index contributed by atoms with van der Waals surface area (Å²) in [5.41, 5.74) is 2.70. The maximum atomic E-state index is 14.4. The molecule has 230 valence electrons. The summed E-state index contributed by atoms with van der Waals surface area (Å²) in [4.78, 5) is 29.3. The van der Waals surface area contributed by atoms with Gasteiger partial charge < -0.3 is 10.2 Å². The van der Waals surface area contributed by atoms with Crippen molar-refractivity contribution in [1.29, 1.82) is 0 Å². The molecule has 0 saturated heterocycles. The lowest BCUT2D eigenvalue weighted by atomic mass is 10.0. The molecular formula is C34H35ClFN3O4S. The number of benzene rings is 4. The molecule has 0 spiro atoms. The third-order valence-electron chi connectivity index (χ3n) is 6.97. The molecule has 0 aliphatic rings. The number of carbonyl (C=O) groups is 2. The minimum absolute atomic E-state index is 0.0252. The Bertz CT molecular complexity index is 1660. The standard InChI is InChI=1S/C34H35ClFN3O4S/c1-24(2)37-34(41)32(21-26-7-5-4-6-8-26)38(22-27-11-13-28(35)14-12-27)33(40)23-39(30-17-9-25(3)10-18-30)44(42,43)31-19-15-29(36)16-20-31/h4-20,24,32H,21-23H2,1-3H3,(H,37,41)/t32-/m0/s1. The van der Waals surface area contributed by atoms with Gasteiger partial charge >= 0.3 is 0 Å². The molecule has 44 heavy (non-hydrogen) atoms. The van der Waals surface area contributed by atoms with Gasteiger partial charge in [0.1, 0.15) is 18.4 Å². The Kier molecular flexibility index (Phi) is 10.8. The van der Waals surface area contributed by atoms with Gasteiger partial charge in [0.2, 0.25) is 11.8 Å². The van der Waals surface area contributed by atoms with Crippen molar-refractivity contribution in [3.63, 3.8) is 0 Å². The molecular weight excluding hydrogens is 601 g/mol. The zero-order chi connectivity index (χ0) is 31.9. The number of rotatable bonds is 12. The van der Waals surface area contributed by atoms with E-state index in [0.717, 1.165) is 39.7 Å². The van der Waals surface area contributed by atoms with E-state index in [9.17, 15) is 22.4 Å². The summed E-state index contributed by atoms with van der Waals surface area (Å²) in [5, 5.41) is 3.44. The monoisotopic (exact) mass is 635 g/mol. The third-order valence-corrected chi connectivity index (χ3v) is 9.01. The molecule has 1 atom stereocenters. The van der Waals surface area contributed by atoms with E-state index >= 15 is 0 Å². The second kappa shape index (κ2) is 14.5. The van der Waals surface area contributed by atoms with E-state index in [4.69, 9.17) is 11.6 Å². The molecule has 0 bridgehead atoms. The van der Waals surface area contributed by atoms with Gasteiger partial charge in [-0.3, -0.25) is 13.9 Å². The topological polar surface area (TPSA) is 86.8 Å². The smallest absolute Gasteiger partial charge is 0.264 e. The van der Waals surface area contributed by atoms with Crippen LogP contribution in [0.4, 0.5) is 10.1 Å². The quantitative estimate of drug-likeness (QED) is 0.202. The number of anilines is 1. The predicted octanol–water partition coefficient (Wildman–Crippen LogP) is 6.15. The van der Waals surface area contributed by atoms with E-state index in [-0.39, 0.29) is 35.5 Å². The molecule has 0 aliphatic carbocycles. The van der Waals surface area contributed by atoms with Crippen LogP contribution in [-0.4, -0.2) is 43.8 Å². The normalized spacial score (nSPS) is 12.0. The van der Waals surface area contributed by atoms with Crippen molar-refractivity contribution in [2.75, 3.05) is 10.8 Å².